The van der Waals surface area contributed by atoms with E-state index in [0.717, 1.165) is 24.3 Å². The Labute approximate surface area is 152 Å². The molecule has 0 aromatic heterocycles. The Morgan fingerprint density at radius 1 is 0.800 bits per heavy atom. The van der Waals surface area contributed by atoms with Crippen molar-refractivity contribution in [3.8, 4) is 5.75 Å². The van der Waals surface area contributed by atoms with Gasteiger partial charge in [0.2, 0.25) is 0 Å². The minimum Gasteiger partial charge on any atom is -0.493 e. The molecule has 3 rings (SSSR count). The maximum atomic E-state index is 6.05. The first kappa shape index (κ1) is 17.8. The number of benzene rings is 2. The number of rotatable bonds is 8. The van der Waals surface area contributed by atoms with E-state index in [1.807, 2.05) is 12.1 Å². The predicted octanol–water partition coefficient (Wildman–Crippen LogP) is 5.50. The largest absolute Gasteiger partial charge is 0.493 e. The molecule has 0 aliphatic carbocycles. The summed E-state index contributed by atoms with van der Waals surface area (Å²) in [5.74, 6) is 0.979. The fourth-order valence-electron chi connectivity index (χ4n) is 3.30. The maximum absolute atomic E-state index is 6.05. The average molecular weight is 335 g/mol. The Kier molecular flexibility index (Phi) is 7.14. The molecule has 1 fully saturated rings. The first-order valence-corrected chi connectivity index (χ1v) is 9.59. The lowest BCUT2D eigenvalue weighted by Crippen LogP contribution is -2.30. The lowest BCUT2D eigenvalue weighted by atomic mass is 10.1. The Hall–Kier alpha value is -2.06. The van der Waals surface area contributed by atoms with Crippen LogP contribution in [-0.2, 0) is 0 Å². The van der Waals surface area contributed by atoms with Gasteiger partial charge in [0.15, 0.2) is 0 Å². The van der Waals surface area contributed by atoms with Gasteiger partial charge >= 0.3 is 0 Å². The van der Waals surface area contributed by atoms with Crippen molar-refractivity contribution in [2.45, 2.75) is 32.1 Å². The molecule has 2 heteroatoms. The van der Waals surface area contributed by atoms with Crippen molar-refractivity contribution in [1.82, 2.24) is 4.90 Å². The lowest BCUT2D eigenvalue weighted by molar-refractivity contribution is 0.216. The van der Waals surface area contributed by atoms with Gasteiger partial charge in [0.25, 0.3) is 0 Å². The topological polar surface area (TPSA) is 12.5 Å². The van der Waals surface area contributed by atoms with Gasteiger partial charge in [-0.2, -0.15) is 0 Å². The SMILES string of the molecule is C(=Cc1ccccc1OCCCCN1CCCCC1)c1ccccc1. The molecule has 0 unspecified atom stereocenters. The standard InChI is InChI=1S/C23H29NO/c1-3-11-21(12-4-1)15-16-22-13-5-6-14-23(22)25-20-10-9-19-24-17-7-2-8-18-24/h1,3-6,11-16H,2,7-10,17-20H2. The number of hydrogen-bond donors (Lipinski definition) is 0. The second-order valence-corrected chi connectivity index (χ2v) is 6.74. The van der Waals surface area contributed by atoms with Crippen LogP contribution in [0.15, 0.2) is 54.6 Å². The van der Waals surface area contributed by atoms with Gasteiger partial charge in [-0.15, -0.1) is 0 Å². The highest BCUT2D eigenvalue weighted by molar-refractivity contribution is 5.72. The maximum Gasteiger partial charge on any atom is 0.126 e. The highest BCUT2D eigenvalue weighted by atomic mass is 16.5. The van der Waals surface area contributed by atoms with Crippen molar-refractivity contribution < 1.29 is 4.74 Å². The van der Waals surface area contributed by atoms with Crippen LogP contribution in [0.1, 0.15) is 43.2 Å². The van der Waals surface area contributed by atoms with Crippen LogP contribution in [-0.4, -0.2) is 31.1 Å². The van der Waals surface area contributed by atoms with Crippen LogP contribution >= 0.6 is 0 Å². The molecule has 2 aromatic rings. The Balaban J connectivity index is 1.45. The van der Waals surface area contributed by atoms with E-state index in [2.05, 4.69) is 59.5 Å². The van der Waals surface area contributed by atoms with Gasteiger partial charge in [-0.3, -0.25) is 0 Å². The molecule has 0 N–H and O–H groups in total. The van der Waals surface area contributed by atoms with Crippen molar-refractivity contribution in [2.24, 2.45) is 0 Å². The van der Waals surface area contributed by atoms with Gasteiger partial charge in [0, 0.05) is 5.56 Å². The number of ether oxygens (including phenoxy) is 1. The van der Waals surface area contributed by atoms with Crippen LogP contribution in [0, 0.1) is 0 Å². The molecule has 0 radical (unpaired) electrons. The van der Waals surface area contributed by atoms with Crippen LogP contribution < -0.4 is 4.74 Å². The van der Waals surface area contributed by atoms with E-state index < -0.39 is 0 Å². The van der Waals surface area contributed by atoms with E-state index in [9.17, 15) is 0 Å². The molecule has 25 heavy (non-hydrogen) atoms. The van der Waals surface area contributed by atoms with Gasteiger partial charge in [-0.25, -0.2) is 0 Å². The number of likely N-dealkylation sites (tertiary alicyclic amines) is 1. The fourth-order valence-corrected chi connectivity index (χ4v) is 3.30. The number of piperidine rings is 1. The van der Waals surface area contributed by atoms with Crippen molar-refractivity contribution >= 4 is 12.2 Å². The molecule has 132 valence electrons. The molecule has 1 saturated heterocycles. The molecular formula is C23H29NO. The Morgan fingerprint density at radius 2 is 1.56 bits per heavy atom. The molecular weight excluding hydrogens is 306 g/mol. The summed E-state index contributed by atoms with van der Waals surface area (Å²) in [5, 5.41) is 0. The number of nitrogens with zero attached hydrogens (tertiary/aromatic N) is 1. The second-order valence-electron chi connectivity index (χ2n) is 6.74. The van der Waals surface area contributed by atoms with Crippen molar-refractivity contribution in [3.05, 3.63) is 65.7 Å². The van der Waals surface area contributed by atoms with Crippen molar-refractivity contribution in [3.63, 3.8) is 0 Å². The number of hydrogen-bond acceptors (Lipinski definition) is 2. The lowest BCUT2D eigenvalue weighted by Gasteiger charge is -2.26. The van der Waals surface area contributed by atoms with Gasteiger partial charge < -0.3 is 9.64 Å². The average Bonchev–Trinajstić information content (AvgIpc) is 2.68. The van der Waals surface area contributed by atoms with Crippen molar-refractivity contribution in [2.75, 3.05) is 26.2 Å². The summed E-state index contributed by atoms with van der Waals surface area (Å²) in [5.41, 5.74) is 2.35. The first-order chi connectivity index (χ1) is 12.4. The molecule has 1 heterocycles. The van der Waals surface area contributed by atoms with Gasteiger partial charge in [-0.05, 0) is 56.9 Å². The minimum absolute atomic E-state index is 0.796. The number of unbranched alkanes of at least 4 members (excludes halogenated alkanes) is 1. The second kappa shape index (κ2) is 10.0. The molecule has 1 aliphatic heterocycles. The molecule has 0 atom stereocenters. The third-order valence-electron chi connectivity index (χ3n) is 4.75. The zero-order valence-electron chi connectivity index (χ0n) is 15.1. The number of para-hydroxylation sites is 1. The van der Waals surface area contributed by atoms with Gasteiger partial charge in [-0.1, -0.05) is 67.1 Å². The minimum atomic E-state index is 0.796. The summed E-state index contributed by atoms with van der Waals surface area (Å²) in [7, 11) is 0. The summed E-state index contributed by atoms with van der Waals surface area (Å²) in [6.45, 7) is 4.59. The smallest absolute Gasteiger partial charge is 0.126 e. The first-order valence-electron chi connectivity index (χ1n) is 9.59. The third-order valence-corrected chi connectivity index (χ3v) is 4.75. The molecule has 0 saturated carbocycles. The fraction of sp³-hybridized carbons (Fsp3) is 0.391. The summed E-state index contributed by atoms with van der Waals surface area (Å²) in [4.78, 5) is 2.60. The zero-order chi connectivity index (χ0) is 17.2. The highest BCUT2D eigenvalue weighted by Gasteiger charge is 2.09. The normalized spacial score (nSPS) is 15.5. The summed E-state index contributed by atoms with van der Waals surface area (Å²) >= 11 is 0. The molecule has 0 bridgehead atoms. The predicted molar refractivity (Wildman–Crippen MR) is 107 cm³/mol. The Bertz CT molecular complexity index is 644. The molecule has 0 spiro atoms. The quantitative estimate of drug-likeness (QED) is 0.466. The van der Waals surface area contributed by atoms with E-state index in [4.69, 9.17) is 4.74 Å². The summed E-state index contributed by atoms with van der Waals surface area (Å²) in [6, 6.07) is 18.7. The van der Waals surface area contributed by atoms with Gasteiger partial charge in [0.05, 0.1) is 6.61 Å². The van der Waals surface area contributed by atoms with Crippen molar-refractivity contribution in [1.29, 1.82) is 0 Å². The summed E-state index contributed by atoms with van der Waals surface area (Å²) < 4.78 is 6.05. The van der Waals surface area contributed by atoms with Crippen LogP contribution in [0.5, 0.6) is 5.75 Å². The van der Waals surface area contributed by atoms with Crippen LogP contribution in [0.2, 0.25) is 0 Å². The zero-order valence-corrected chi connectivity index (χ0v) is 15.1. The molecule has 2 aromatic carbocycles. The third kappa shape index (κ3) is 6.06. The van der Waals surface area contributed by atoms with Crippen LogP contribution in [0.4, 0.5) is 0 Å². The molecule has 0 amide bonds. The molecule has 2 nitrogen and oxygen atoms in total. The van der Waals surface area contributed by atoms with E-state index >= 15 is 0 Å². The monoisotopic (exact) mass is 335 g/mol. The van der Waals surface area contributed by atoms with E-state index in [0.29, 0.717) is 0 Å². The Morgan fingerprint density at radius 3 is 2.40 bits per heavy atom. The van der Waals surface area contributed by atoms with E-state index in [1.54, 1.807) is 0 Å². The van der Waals surface area contributed by atoms with Crippen LogP contribution in [0.25, 0.3) is 12.2 Å². The molecule has 1 aliphatic rings. The van der Waals surface area contributed by atoms with Crippen LogP contribution in [0.3, 0.4) is 0 Å². The summed E-state index contributed by atoms with van der Waals surface area (Å²) in [6.07, 6.45) is 10.8. The van der Waals surface area contributed by atoms with E-state index in [1.165, 1.54) is 50.9 Å². The van der Waals surface area contributed by atoms with Gasteiger partial charge in [0.1, 0.15) is 5.75 Å². The highest BCUT2D eigenvalue weighted by Crippen LogP contribution is 2.21. The van der Waals surface area contributed by atoms with E-state index in [-0.39, 0.29) is 0 Å².